The molecule has 2 aromatic heterocycles. The number of aryl methyl sites for hydroxylation is 1. The summed E-state index contributed by atoms with van der Waals surface area (Å²) in [6.45, 7) is 2.07. The summed E-state index contributed by atoms with van der Waals surface area (Å²) in [4.78, 5) is 12.5. The molecule has 4 rings (SSSR count). The smallest absolute Gasteiger partial charge is 0.287 e. The first-order chi connectivity index (χ1) is 13.0. The van der Waals surface area contributed by atoms with Gasteiger partial charge in [0, 0.05) is 32.1 Å². The van der Waals surface area contributed by atoms with Crippen LogP contribution >= 0.6 is 27.5 Å². The molecule has 0 fully saturated rings. The lowest BCUT2D eigenvalue weighted by Gasteiger charge is -2.00. The van der Waals surface area contributed by atoms with Gasteiger partial charge in [0.1, 0.15) is 11.3 Å². The van der Waals surface area contributed by atoms with Crippen LogP contribution in [0.2, 0.25) is 5.02 Å². The van der Waals surface area contributed by atoms with Crippen LogP contribution in [0.15, 0.2) is 61.9 Å². The molecule has 2 heterocycles. The van der Waals surface area contributed by atoms with Gasteiger partial charge in [0.2, 0.25) is 0 Å². The highest BCUT2D eigenvalue weighted by Crippen LogP contribution is 2.28. The zero-order chi connectivity index (χ0) is 19.0. The van der Waals surface area contributed by atoms with Crippen LogP contribution in [0.3, 0.4) is 0 Å². The van der Waals surface area contributed by atoms with E-state index in [9.17, 15) is 4.79 Å². The minimum absolute atomic E-state index is 0.208. The number of benzene rings is 2. The number of amides is 1. The van der Waals surface area contributed by atoms with E-state index in [0.717, 1.165) is 21.0 Å². The molecule has 5 nitrogen and oxygen atoms in total. The molecule has 7 heteroatoms. The molecule has 0 saturated heterocycles. The van der Waals surface area contributed by atoms with Crippen LogP contribution in [0.1, 0.15) is 21.9 Å². The number of hydrogen-bond acceptors (Lipinski definition) is 4. The molecule has 136 valence electrons. The third kappa shape index (κ3) is 3.63. The third-order valence-corrected chi connectivity index (χ3v) is 4.97. The molecule has 0 bridgehead atoms. The number of rotatable bonds is 4. The Morgan fingerprint density at radius 3 is 2.74 bits per heavy atom. The lowest BCUT2D eigenvalue weighted by Crippen LogP contribution is -2.22. The summed E-state index contributed by atoms with van der Waals surface area (Å²) >= 11 is 9.33. The zero-order valence-corrected chi connectivity index (χ0v) is 16.6. The molecule has 0 aliphatic carbocycles. The number of aromatic nitrogens is 1. The molecule has 1 amide bonds. The normalized spacial score (nSPS) is 11.1. The second-order valence-corrected chi connectivity index (χ2v) is 7.42. The van der Waals surface area contributed by atoms with Crippen molar-refractivity contribution in [2.75, 3.05) is 0 Å². The van der Waals surface area contributed by atoms with Gasteiger partial charge in [-0.2, -0.15) is 0 Å². The summed E-state index contributed by atoms with van der Waals surface area (Å²) < 4.78 is 11.9. The quantitative estimate of drug-likeness (QED) is 0.435. The molecular weight excluding hydrogens is 432 g/mol. The molecule has 0 atom stereocenters. The number of fused-ring (bicyclic) bond motifs is 1. The topological polar surface area (TPSA) is 68.3 Å². The monoisotopic (exact) mass is 444 g/mol. The van der Waals surface area contributed by atoms with E-state index in [1.54, 1.807) is 18.2 Å². The van der Waals surface area contributed by atoms with Crippen molar-refractivity contribution >= 4 is 44.4 Å². The van der Waals surface area contributed by atoms with Crippen LogP contribution in [0.25, 0.3) is 22.2 Å². The minimum atomic E-state index is -0.302. The van der Waals surface area contributed by atoms with Crippen molar-refractivity contribution in [2.45, 2.75) is 13.5 Å². The van der Waals surface area contributed by atoms with Crippen molar-refractivity contribution in [3.8, 4) is 11.3 Å². The molecule has 0 saturated carbocycles. The third-order valence-electron chi connectivity index (χ3n) is 4.23. The maximum absolute atomic E-state index is 12.5. The SMILES string of the molecule is Cc1c(C(=O)NCc2cc(-c3ccc(Cl)cc3)no2)oc2ccc(Br)cc12. The van der Waals surface area contributed by atoms with Crippen molar-refractivity contribution in [2.24, 2.45) is 0 Å². The predicted octanol–water partition coefficient (Wildman–Crippen LogP) is 5.74. The van der Waals surface area contributed by atoms with Gasteiger partial charge in [0.15, 0.2) is 11.5 Å². The van der Waals surface area contributed by atoms with E-state index >= 15 is 0 Å². The van der Waals surface area contributed by atoms with E-state index in [4.69, 9.17) is 20.5 Å². The Morgan fingerprint density at radius 1 is 1.19 bits per heavy atom. The van der Waals surface area contributed by atoms with Gasteiger partial charge in [-0.3, -0.25) is 4.79 Å². The van der Waals surface area contributed by atoms with Crippen LogP contribution in [0, 0.1) is 6.92 Å². The number of halogens is 2. The maximum Gasteiger partial charge on any atom is 0.287 e. The van der Waals surface area contributed by atoms with Crippen LogP contribution in [0.5, 0.6) is 0 Å². The number of hydrogen-bond donors (Lipinski definition) is 1. The Bertz CT molecular complexity index is 1130. The maximum atomic E-state index is 12.5. The van der Waals surface area contributed by atoms with Gasteiger partial charge in [-0.25, -0.2) is 0 Å². The van der Waals surface area contributed by atoms with Crippen LogP contribution < -0.4 is 5.32 Å². The first-order valence-electron chi connectivity index (χ1n) is 8.19. The number of carbonyl (C=O) groups is 1. The molecule has 0 radical (unpaired) electrons. The molecule has 4 aromatic rings. The van der Waals surface area contributed by atoms with Crippen molar-refractivity contribution in [3.63, 3.8) is 0 Å². The van der Waals surface area contributed by atoms with E-state index < -0.39 is 0 Å². The number of furan rings is 1. The van der Waals surface area contributed by atoms with Gasteiger partial charge in [-0.1, -0.05) is 44.8 Å². The van der Waals surface area contributed by atoms with E-state index in [-0.39, 0.29) is 12.5 Å². The molecule has 0 unspecified atom stereocenters. The fourth-order valence-corrected chi connectivity index (χ4v) is 3.30. The highest BCUT2D eigenvalue weighted by atomic mass is 79.9. The molecular formula is C20H14BrClN2O3. The number of nitrogens with zero attached hydrogens (tertiary/aromatic N) is 1. The van der Waals surface area contributed by atoms with Gasteiger partial charge in [0.05, 0.1) is 6.54 Å². The zero-order valence-electron chi connectivity index (χ0n) is 14.3. The highest BCUT2D eigenvalue weighted by molar-refractivity contribution is 9.10. The Kier molecular flexibility index (Phi) is 4.76. The Morgan fingerprint density at radius 2 is 1.96 bits per heavy atom. The van der Waals surface area contributed by atoms with E-state index in [0.29, 0.717) is 27.8 Å². The van der Waals surface area contributed by atoms with Crippen molar-refractivity contribution in [1.29, 1.82) is 0 Å². The Labute approximate surface area is 168 Å². The van der Waals surface area contributed by atoms with Gasteiger partial charge in [-0.05, 0) is 37.3 Å². The largest absolute Gasteiger partial charge is 0.451 e. The highest BCUT2D eigenvalue weighted by Gasteiger charge is 2.18. The van der Waals surface area contributed by atoms with E-state index in [2.05, 4.69) is 26.4 Å². The molecule has 27 heavy (non-hydrogen) atoms. The van der Waals surface area contributed by atoms with E-state index in [1.807, 2.05) is 37.3 Å². The lowest BCUT2D eigenvalue weighted by atomic mass is 10.1. The first-order valence-corrected chi connectivity index (χ1v) is 9.37. The fourth-order valence-electron chi connectivity index (χ4n) is 2.81. The summed E-state index contributed by atoms with van der Waals surface area (Å²) in [5.74, 6) is 0.537. The summed E-state index contributed by atoms with van der Waals surface area (Å²) in [5, 5.41) is 8.39. The second kappa shape index (κ2) is 7.21. The minimum Gasteiger partial charge on any atom is -0.451 e. The van der Waals surface area contributed by atoms with Gasteiger partial charge < -0.3 is 14.3 Å². The number of carbonyl (C=O) groups excluding carboxylic acids is 1. The fraction of sp³-hybridized carbons (Fsp3) is 0.100. The van der Waals surface area contributed by atoms with Crippen molar-refractivity contribution in [3.05, 3.63) is 75.1 Å². The van der Waals surface area contributed by atoms with Gasteiger partial charge in [0.25, 0.3) is 5.91 Å². The molecule has 0 aliphatic heterocycles. The van der Waals surface area contributed by atoms with Gasteiger partial charge >= 0.3 is 0 Å². The number of nitrogens with one attached hydrogen (secondary N) is 1. The van der Waals surface area contributed by atoms with Crippen molar-refractivity contribution in [1.82, 2.24) is 10.5 Å². The van der Waals surface area contributed by atoms with Crippen LogP contribution in [-0.2, 0) is 6.54 Å². The standard InChI is InChI=1S/C20H14BrClN2O3/c1-11-16-8-13(21)4-7-18(16)26-19(11)20(25)23-10-15-9-17(24-27-15)12-2-5-14(22)6-3-12/h2-9H,10H2,1H3,(H,23,25). The summed E-state index contributed by atoms with van der Waals surface area (Å²) in [6.07, 6.45) is 0. The summed E-state index contributed by atoms with van der Waals surface area (Å²) in [5.41, 5.74) is 3.04. The van der Waals surface area contributed by atoms with Crippen molar-refractivity contribution < 1.29 is 13.7 Å². The average molecular weight is 446 g/mol. The van der Waals surface area contributed by atoms with Gasteiger partial charge in [-0.15, -0.1) is 0 Å². The lowest BCUT2D eigenvalue weighted by molar-refractivity contribution is 0.0920. The molecule has 2 aromatic carbocycles. The van der Waals surface area contributed by atoms with Crippen LogP contribution in [-0.4, -0.2) is 11.1 Å². The summed E-state index contributed by atoms with van der Waals surface area (Å²) in [6, 6.07) is 14.7. The van der Waals surface area contributed by atoms with Crippen LogP contribution in [0.4, 0.5) is 0 Å². The molecule has 0 spiro atoms. The Balaban J connectivity index is 1.48. The predicted molar refractivity (Wildman–Crippen MR) is 107 cm³/mol. The molecule has 1 N–H and O–H groups in total. The Hall–Kier alpha value is -2.57. The first kappa shape index (κ1) is 17.8. The summed E-state index contributed by atoms with van der Waals surface area (Å²) in [7, 11) is 0. The average Bonchev–Trinajstić information content (AvgIpc) is 3.26. The molecule has 0 aliphatic rings. The van der Waals surface area contributed by atoms with E-state index in [1.165, 1.54) is 0 Å². The second-order valence-electron chi connectivity index (χ2n) is 6.06.